The van der Waals surface area contributed by atoms with Crippen molar-refractivity contribution in [2.24, 2.45) is 11.7 Å². The van der Waals surface area contributed by atoms with Crippen molar-refractivity contribution in [3.8, 4) is 0 Å². The molecule has 2 atom stereocenters. The van der Waals surface area contributed by atoms with Gasteiger partial charge in [-0.25, -0.2) is 0 Å². The van der Waals surface area contributed by atoms with Crippen molar-refractivity contribution in [2.75, 3.05) is 13.1 Å². The van der Waals surface area contributed by atoms with E-state index in [2.05, 4.69) is 23.5 Å². The van der Waals surface area contributed by atoms with E-state index in [9.17, 15) is 0 Å². The fourth-order valence-electron chi connectivity index (χ4n) is 2.37. The van der Waals surface area contributed by atoms with E-state index < -0.39 is 0 Å². The first-order valence-corrected chi connectivity index (χ1v) is 5.65. The van der Waals surface area contributed by atoms with Gasteiger partial charge in [0.05, 0.1) is 0 Å². The van der Waals surface area contributed by atoms with Crippen molar-refractivity contribution in [1.82, 2.24) is 5.32 Å². The summed E-state index contributed by atoms with van der Waals surface area (Å²) in [6.45, 7) is 1.99. The van der Waals surface area contributed by atoms with E-state index in [0.717, 1.165) is 19.0 Å². The summed E-state index contributed by atoms with van der Waals surface area (Å²) in [7, 11) is 0. The lowest BCUT2D eigenvalue weighted by Crippen LogP contribution is -2.38. The lowest BCUT2D eigenvalue weighted by atomic mass is 9.87. The molecular formula is C12H20N2. The molecule has 1 aliphatic carbocycles. The predicted octanol–water partition coefficient (Wildman–Crippen LogP) is 1.59. The third-order valence-electron chi connectivity index (χ3n) is 3.11. The Bertz CT molecular complexity index is 243. The maximum absolute atomic E-state index is 5.88. The second kappa shape index (κ2) is 4.76. The van der Waals surface area contributed by atoms with Gasteiger partial charge in [-0.15, -0.1) is 0 Å². The average molecular weight is 192 g/mol. The maximum atomic E-state index is 5.88. The molecule has 0 bridgehead atoms. The van der Waals surface area contributed by atoms with Gasteiger partial charge in [0.1, 0.15) is 0 Å². The van der Waals surface area contributed by atoms with E-state index in [0.29, 0.717) is 0 Å². The van der Waals surface area contributed by atoms with Crippen molar-refractivity contribution in [2.45, 2.75) is 31.7 Å². The van der Waals surface area contributed by atoms with E-state index in [1.807, 2.05) is 0 Å². The van der Waals surface area contributed by atoms with Crippen molar-refractivity contribution in [1.29, 1.82) is 0 Å². The van der Waals surface area contributed by atoms with Gasteiger partial charge in [0.2, 0.25) is 0 Å². The molecule has 14 heavy (non-hydrogen) atoms. The Morgan fingerprint density at radius 2 is 2.36 bits per heavy atom. The van der Waals surface area contributed by atoms with Gasteiger partial charge in [0.25, 0.3) is 0 Å². The predicted molar refractivity (Wildman–Crippen MR) is 60.0 cm³/mol. The van der Waals surface area contributed by atoms with Crippen LogP contribution in [0.1, 0.15) is 25.7 Å². The second-order valence-electron chi connectivity index (χ2n) is 4.47. The van der Waals surface area contributed by atoms with E-state index in [-0.39, 0.29) is 6.04 Å². The number of hydrogen-bond donors (Lipinski definition) is 2. The van der Waals surface area contributed by atoms with E-state index in [4.69, 9.17) is 5.73 Å². The fourth-order valence-corrected chi connectivity index (χ4v) is 2.37. The van der Waals surface area contributed by atoms with Gasteiger partial charge in [-0.05, 0) is 31.6 Å². The van der Waals surface area contributed by atoms with E-state index in [1.165, 1.54) is 31.3 Å². The van der Waals surface area contributed by atoms with Gasteiger partial charge < -0.3 is 11.1 Å². The first kappa shape index (κ1) is 9.94. The molecule has 0 saturated carbocycles. The summed E-state index contributed by atoms with van der Waals surface area (Å²) in [4.78, 5) is 0. The summed E-state index contributed by atoms with van der Waals surface area (Å²) in [5.41, 5.74) is 7.40. The van der Waals surface area contributed by atoms with Crippen LogP contribution in [0.5, 0.6) is 0 Å². The number of allylic oxidation sites excluding steroid dienone is 2. The Balaban J connectivity index is 1.87. The highest BCUT2D eigenvalue weighted by molar-refractivity contribution is 5.13. The van der Waals surface area contributed by atoms with Crippen molar-refractivity contribution < 1.29 is 0 Å². The minimum atomic E-state index is 0.234. The van der Waals surface area contributed by atoms with Crippen LogP contribution in [-0.4, -0.2) is 19.1 Å². The van der Waals surface area contributed by atoms with Crippen LogP contribution in [-0.2, 0) is 0 Å². The molecule has 0 aromatic carbocycles. The highest BCUT2D eigenvalue weighted by Crippen LogP contribution is 2.25. The molecule has 1 heterocycles. The molecule has 2 heteroatoms. The molecule has 0 spiro atoms. The van der Waals surface area contributed by atoms with Gasteiger partial charge in [0, 0.05) is 19.1 Å². The molecule has 2 unspecified atom stereocenters. The Morgan fingerprint density at radius 1 is 1.43 bits per heavy atom. The molecular weight excluding hydrogens is 172 g/mol. The van der Waals surface area contributed by atoms with Crippen LogP contribution in [0.3, 0.4) is 0 Å². The number of rotatable bonds is 2. The molecule has 3 N–H and O–H groups in total. The minimum absolute atomic E-state index is 0.234. The topological polar surface area (TPSA) is 38.0 Å². The Labute approximate surface area is 86.3 Å². The molecule has 0 aromatic rings. The van der Waals surface area contributed by atoms with Crippen LogP contribution in [0, 0.1) is 5.92 Å². The lowest BCUT2D eigenvalue weighted by molar-refractivity contribution is 0.461. The van der Waals surface area contributed by atoms with Crippen LogP contribution < -0.4 is 11.1 Å². The average Bonchev–Trinajstić information content (AvgIpc) is 2.19. The molecule has 2 aliphatic rings. The molecule has 0 aromatic heterocycles. The molecule has 2 rings (SSSR count). The quantitative estimate of drug-likeness (QED) is 0.652. The van der Waals surface area contributed by atoms with Gasteiger partial charge in [-0.3, -0.25) is 0 Å². The third kappa shape index (κ3) is 2.69. The van der Waals surface area contributed by atoms with Gasteiger partial charge in [-0.2, -0.15) is 0 Å². The number of nitrogens with one attached hydrogen (secondary N) is 1. The summed E-state index contributed by atoms with van der Waals surface area (Å²) in [6, 6.07) is 0.234. The van der Waals surface area contributed by atoms with Crippen molar-refractivity contribution in [3.05, 3.63) is 23.8 Å². The molecule has 2 nitrogen and oxygen atoms in total. The largest absolute Gasteiger partial charge is 0.323 e. The highest BCUT2D eigenvalue weighted by atomic mass is 14.9. The summed E-state index contributed by atoms with van der Waals surface area (Å²) >= 11 is 0. The summed E-state index contributed by atoms with van der Waals surface area (Å²) in [5, 5.41) is 3.36. The summed E-state index contributed by atoms with van der Waals surface area (Å²) < 4.78 is 0. The zero-order valence-corrected chi connectivity index (χ0v) is 8.71. The standard InChI is InChI=1S/C12H20N2/c13-12-7-11(8-14-9-12)6-10-4-2-1-3-5-10/h1-2,7,10,12,14H,3-6,8-9,13H2. The second-order valence-corrected chi connectivity index (χ2v) is 4.47. The van der Waals surface area contributed by atoms with Gasteiger partial charge in [-0.1, -0.05) is 23.8 Å². The van der Waals surface area contributed by atoms with Gasteiger partial charge in [0.15, 0.2) is 0 Å². The fraction of sp³-hybridized carbons (Fsp3) is 0.667. The van der Waals surface area contributed by atoms with Crippen LogP contribution in [0.25, 0.3) is 0 Å². The van der Waals surface area contributed by atoms with Crippen LogP contribution in [0.15, 0.2) is 23.8 Å². The van der Waals surface area contributed by atoms with Crippen LogP contribution in [0.4, 0.5) is 0 Å². The van der Waals surface area contributed by atoms with E-state index >= 15 is 0 Å². The number of nitrogens with two attached hydrogens (primary N) is 1. The number of hydrogen-bond acceptors (Lipinski definition) is 2. The highest BCUT2D eigenvalue weighted by Gasteiger charge is 2.15. The zero-order valence-electron chi connectivity index (χ0n) is 8.71. The normalized spacial score (nSPS) is 32.8. The van der Waals surface area contributed by atoms with Crippen LogP contribution >= 0.6 is 0 Å². The Hall–Kier alpha value is -0.600. The van der Waals surface area contributed by atoms with Gasteiger partial charge >= 0.3 is 0 Å². The molecule has 0 fully saturated rings. The zero-order chi connectivity index (χ0) is 9.80. The lowest BCUT2D eigenvalue weighted by Gasteiger charge is -2.24. The van der Waals surface area contributed by atoms with Crippen molar-refractivity contribution in [3.63, 3.8) is 0 Å². The summed E-state index contributed by atoms with van der Waals surface area (Å²) in [5.74, 6) is 0.860. The Morgan fingerprint density at radius 3 is 3.07 bits per heavy atom. The first-order valence-electron chi connectivity index (χ1n) is 5.65. The maximum Gasteiger partial charge on any atom is 0.0354 e. The van der Waals surface area contributed by atoms with E-state index in [1.54, 1.807) is 0 Å². The minimum Gasteiger partial charge on any atom is -0.323 e. The molecule has 0 amide bonds. The van der Waals surface area contributed by atoms with Crippen molar-refractivity contribution >= 4 is 0 Å². The smallest absolute Gasteiger partial charge is 0.0354 e. The third-order valence-corrected chi connectivity index (χ3v) is 3.11. The molecule has 78 valence electrons. The first-order chi connectivity index (χ1) is 6.84. The molecule has 0 radical (unpaired) electrons. The Kier molecular flexibility index (Phi) is 3.38. The SMILES string of the molecule is NC1C=C(CC2CC=CCC2)CNC1. The van der Waals surface area contributed by atoms with Crippen LogP contribution in [0.2, 0.25) is 0 Å². The monoisotopic (exact) mass is 192 g/mol. The summed E-state index contributed by atoms with van der Waals surface area (Å²) in [6.07, 6.45) is 12.0. The molecule has 0 saturated heterocycles. The molecule has 1 aliphatic heterocycles.